The summed E-state index contributed by atoms with van der Waals surface area (Å²) in [5, 5.41) is 4.24. The van der Waals surface area contributed by atoms with Gasteiger partial charge in [0, 0.05) is 39.1 Å². The minimum absolute atomic E-state index is 0.0626. The molecule has 25 heavy (non-hydrogen) atoms. The molecule has 3 aromatic heterocycles. The molecule has 8 heteroatoms. The predicted molar refractivity (Wildman–Crippen MR) is 92.1 cm³/mol. The van der Waals surface area contributed by atoms with Gasteiger partial charge in [0.2, 0.25) is 0 Å². The molecule has 0 aromatic carbocycles. The number of hydrogen-bond donors (Lipinski definition) is 0. The Morgan fingerprint density at radius 2 is 2.00 bits per heavy atom. The second-order valence-corrected chi connectivity index (χ2v) is 6.18. The van der Waals surface area contributed by atoms with Crippen LogP contribution in [0.5, 0.6) is 0 Å². The van der Waals surface area contributed by atoms with E-state index in [9.17, 15) is 4.79 Å². The molecule has 130 valence electrons. The monoisotopic (exact) mass is 340 g/mol. The first kappa shape index (κ1) is 15.9. The van der Waals surface area contributed by atoms with Crippen LogP contribution in [0.2, 0.25) is 0 Å². The molecule has 0 bridgehead atoms. The van der Waals surface area contributed by atoms with E-state index < -0.39 is 0 Å². The zero-order chi connectivity index (χ0) is 17.2. The Morgan fingerprint density at radius 3 is 2.76 bits per heavy atom. The Balaban J connectivity index is 1.71. The van der Waals surface area contributed by atoms with Crippen molar-refractivity contribution in [2.24, 2.45) is 7.05 Å². The molecule has 3 aromatic rings. The molecule has 4 heterocycles. The number of ether oxygens (including phenoxy) is 1. The molecular weight excluding hydrogens is 320 g/mol. The average Bonchev–Trinajstić information content (AvgIpc) is 3.04. The number of morpholine rings is 1. The number of nitrogens with zero attached hydrogens (tertiary/aromatic N) is 6. The van der Waals surface area contributed by atoms with Crippen molar-refractivity contribution >= 4 is 11.0 Å². The van der Waals surface area contributed by atoms with Gasteiger partial charge in [-0.25, -0.2) is 4.98 Å². The summed E-state index contributed by atoms with van der Waals surface area (Å²) in [6.07, 6.45) is 6.93. The summed E-state index contributed by atoms with van der Waals surface area (Å²) < 4.78 is 8.74. The second-order valence-electron chi connectivity index (χ2n) is 6.18. The van der Waals surface area contributed by atoms with Gasteiger partial charge in [0.25, 0.3) is 5.56 Å². The number of hydrogen-bond acceptors (Lipinski definition) is 6. The maximum absolute atomic E-state index is 12.8. The van der Waals surface area contributed by atoms with Crippen LogP contribution in [0.1, 0.15) is 11.6 Å². The van der Waals surface area contributed by atoms with Crippen LogP contribution in [0.4, 0.5) is 0 Å². The van der Waals surface area contributed by atoms with Gasteiger partial charge in [0.1, 0.15) is 5.52 Å². The van der Waals surface area contributed by atoms with E-state index in [1.807, 2.05) is 12.1 Å². The van der Waals surface area contributed by atoms with Gasteiger partial charge in [-0.3, -0.25) is 23.9 Å². The maximum atomic E-state index is 12.8. The van der Waals surface area contributed by atoms with E-state index in [0.29, 0.717) is 30.8 Å². The lowest BCUT2D eigenvalue weighted by molar-refractivity contribution is 0.0120. The third-order valence-corrected chi connectivity index (χ3v) is 4.56. The van der Waals surface area contributed by atoms with E-state index in [-0.39, 0.29) is 11.6 Å². The van der Waals surface area contributed by atoms with Crippen molar-refractivity contribution < 1.29 is 4.74 Å². The molecule has 1 aliphatic rings. The smallest absolute Gasteiger partial charge is 0.281 e. The number of pyridine rings is 1. The minimum atomic E-state index is -0.113. The normalized spacial score (nSPS) is 17.0. The molecule has 4 rings (SSSR count). The summed E-state index contributed by atoms with van der Waals surface area (Å²) in [5.74, 6) is 0. The summed E-state index contributed by atoms with van der Waals surface area (Å²) in [7, 11) is 1.79. The zero-order valence-corrected chi connectivity index (χ0v) is 14.1. The minimum Gasteiger partial charge on any atom is -0.379 e. The summed E-state index contributed by atoms with van der Waals surface area (Å²) >= 11 is 0. The number of aromatic nitrogens is 5. The van der Waals surface area contributed by atoms with Gasteiger partial charge in [-0.1, -0.05) is 0 Å². The molecule has 0 unspecified atom stereocenters. The van der Waals surface area contributed by atoms with E-state index in [1.54, 1.807) is 41.2 Å². The van der Waals surface area contributed by atoms with Gasteiger partial charge in [0.05, 0.1) is 31.8 Å². The Bertz CT molecular complexity index is 914. The fourth-order valence-electron chi connectivity index (χ4n) is 3.27. The first-order valence-electron chi connectivity index (χ1n) is 8.33. The van der Waals surface area contributed by atoms with E-state index in [0.717, 1.165) is 18.7 Å². The van der Waals surface area contributed by atoms with Crippen LogP contribution >= 0.6 is 0 Å². The molecule has 0 radical (unpaired) electrons. The second kappa shape index (κ2) is 6.73. The van der Waals surface area contributed by atoms with Crippen molar-refractivity contribution in [2.75, 3.05) is 26.3 Å². The quantitative estimate of drug-likeness (QED) is 0.692. The van der Waals surface area contributed by atoms with Crippen LogP contribution in [0.3, 0.4) is 0 Å². The third-order valence-electron chi connectivity index (χ3n) is 4.56. The van der Waals surface area contributed by atoms with E-state index in [1.165, 1.54) is 0 Å². The number of rotatable bonds is 4. The highest BCUT2D eigenvalue weighted by Crippen LogP contribution is 2.23. The lowest BCUT2D eigenvalue weighted by atomic mass is 10.1. The van der Waals surface area contributed by atoms with Gasteiger partial charge < -0.3 is 4.74 Å². The van der Waals surface area contributed by atoms with Crippen molar-refractivity contribution in [1.29, 1.82) is 0 Å². The molecule has 1 aliphatic heterocycles. The first-order chi connectivity index (χ1) is 12.2. The van der Waals surface area contributed by atoms with Crippen LogP contribution in [0.15, 0.2) is 41.8 Å². The van der Waals surface area contributed by atoms with Gasteiger partial charge in [-0.15, -0.1) is 0 Å². The third kappa shape index (κ3) is 3.18. The van der Waals surface area contributed by atoms with Gasteiger partial charge in [-0.2, -0.15) is 5.10 Å². The number of aryl methyl sites for hydroxylation is 1. The molecule has 8 nitrogen and oxygen atoms in total. The van der Waals surface area contributed by atoms with Crippen molar-refractivity contribution in [3.8, 4) is 0 Å². The summed E-state index contributed by atoms with van der Waals surface area (Å²) in [6.45, 7) is 3.59. The van der Waals surface area contributed by atoms with Crippen LogP contribution < -0.4 is 5.56 Å². The molecule has 1 fully saturated rings. The summed E-state index contributed by atoms with van der Waals surface area (Å²) in [5.41, 5.74) is 2.04. The standard InChI is InChI=1S/C17H20N6O2/c1-21-10-14-16(20-21)17(24)23(12-19-14)11-15(13-2-4-18-5-3-13)22-6-8-25-9-7-22/h2-5,10,12,15H,6-9,11H2,1H3/t15-/m1/s1. The SMILES string of the molecule is Cn1cc2ncn(C[C@H](c3ccncc3)N3CCOCC3)c(=O)c2n1. The Kier molecular flexibility index (Phi) is 4.29. The molecule has 1 atom stereocenters. The van der Waals surface area contributed by atoms with E-state index >= 15 is 0 Å². The van der Waals surface area contributed by atoms with Crippen molar-refractivity contribution in [3.63, 3.8) is 0 Å². The van der Waals surface area contributed by atoms with Gasteiger partial charge in [0.15, 0.2) is 5.52 Å². The lowest BCUT2D eigenvalue weighted by Gasteiger charge is -2.35. The Labute approximate surface area is 144 Å². The highest BCUT2D eigenvalue weighted by molar-refractivity contribution is 5.71. The van der Waals surface area contributed by atoms with Crippen LogP contribution in [0, 0.1) is 0 Å². The lowest BCUT2D eigenvalue weighted by Crippen LogP contribution is -2.41. The zero-order valence-electron chi connectivity index (χ0n) is 14.1. The molecule has 0 N–H and O–H groups in total. The number of fused-ring (bicyclic) bond motifs is 1. The molecule has 0 aliphatic carbocycles. The topological polar surface area (TPSA) is 78.1 Å². The Morgan fingerprint density at radius 1 is 1.24 bits per heavy atom. The fraction of sp³-hybridized carbons (Fsp3) is 0.412. The first-order valence-corrected chi connectivity index (χ1v) is 8.33. The van der Waals surface area contributed by atoms with Gasteiger partial charge in [-0.05, 0) is 17.7 Å². The molecule has 1 saturated heterocycles. The van der Waals surface area contributed by atoms with Crippen LogP contribution in [0.25, 0.3) is 11.0 Å². The fourth-order valence-corrected chi connectivity index (χ4v) is 3.27. The molecule has 0 amide bonds. The van der Waals surface area contributed by atoms with E-state index in [2.05, 4.69) is 20.0 Å². The predicted octanol–water partition coefficient (Wildman–Crippen LogP) is 0.599. The van der Waals surface area contributed by atoms with Gasteiger partial charge >= 0.3 is 0 Å². The Hall–Kier alpha value is -2.58. The van der Waals surface area contributed by atoms with Crippen molar-refractivity contribution in [1.82, 2.24) is 29.2 Å². The molecule has 0 saturated carbocycles. The van der Waals surface area contributed by atoms with Crippen LogP contribution in [-0.2, 0) is 18.3 Å². The summed E-state index contributed by atoms with van der Waals surface area (Å²) in [6, 6.07) is 4.06. The van der Waals surface area contributed by atoms with Crippen LogP contribution in [-0.4, -0.2) is 55.5 Å². The highest BCUT2D eigenvalue weighted by Gasteiger charge is 2.24. The highest BCUT2D eigenvalue weighted by atomic mass is 16.5. The molecule has 0 spiro atoms. The average molecular weight is 340 g/mol. The molecular formula is C17H20N6O2. The van der Waals surface area contributed by atoms with E-state index in [4.69, 9.17) is 4.74 Å². The van der Waals surface area contributed by atoms with Crippen molar-refractivity contribution in [3.05, 3.63) is 53.0 Å². The largest absolute Gasteiger partial charge is 0.379 e. The van der Waals surface area contributed by atoms with Crippen molar-refractivity contribution in [2.45, 2.75) is 12.6 Å². The summed E-state index contributed by atoms with van der Waals surface area (Å²) in [4.78, 5) is 23.6. The maximum Gasteiger partial charge on any atom is 0.281 e.